The molecule has 2 aromatic carbocycles. The van der Waals surface area contributed by atoms with Crippen molar-refractivity contribution in [2.24, 2.45) is 0 Å². The van der Waals surface area contributed by atoms with Crippen LogP contribution in [0.15, 0.2) is 48.6 Å². The lowest BCUT2D eigenvalue weighted by Crippen LogP contribution is -2.32. The molecule has 0 aliphatic carbocycles. The highest BCUT2D eigenvalue weighted by Crippen LogP contribution is 2.37. The van der Waals surface area contributed by atoms with Crippen molar-refractivity contribution in [2.45, 2.75) is 45.2 Å². The summed E-state index contributed by atoms with van der Waals surface area (Å²) in [5.74, 6) is -0.947. The van der Waals surface area contributed by atoms with Gasteiger partial charge in [-0.05, 0) is 80.7 Å². The second kappa shape index (κ2) is 8.48. The van der Waals surface area contributed by atoms with Crippen LogP contribution in [0.1, 0.15) is 49.9 Å². The van der Waals surface area contributed by atoms with E-state index in [0.29, 0.717) is 28.7 Å². The molecule has 4 N–H and O–H groups in total. The Bertz CT molecular complexity index is 1360. The van der Waals surface area contributed by atoms with Gasteiger partial charge < -0.3 is 10.6 Å². The molecule has 0 radical (unpaired) electrons. The van der Waals surface area contributed by atoms with Crippen LogP contribution in [0.2, 0.25) is 0 Å². The monoisotopic (exact) mass is 518 g/mol. The molecule has 2 aliphatic heterocycles. The van der Waals surface area contributed by atoms with Gasteiger partial charge in [-0.25, -0.2) is 0 Å². The van der Waals surface area contributed by atoms with E-state index in [-0.39, 0.29) is 0 Å². The number of hydrogen-bond donors (Lipinski definition) is 4. The Morgan fingerprint density at radius 1 is 0.686 bits per heavy atom. The second-order valence-corrected chi connectivity index (χ2v) is 13.3. The third-order valence-electron chi connectivity index (χ3n) is 5.93. The van der Waals surface area contributed by atoms with Crippen molar-refractivity contribution < 1.29 is 25.9 Å². The van der Waals surface area contributed by atoms with E-state index in [9.17, 15) is 25.9 Å². The maximum absolute atomic E-state index is 11.6. The van der Waals surface area contributed by atoms with Crippen molar-refractivity contribution in [3.63, 3.8) is 0 Å². The van der Waals surface area contributed by atoms with Crippen molar-refractivity contribution in [3.05, 3.63) is 70.8 Å². The molecule has 2 heterocycles. The molecule has 8 nitrogen and oxygen atoms in total. The van der Waals surface area contributed by atoms with Crippen molar-refractivity contribution in [2.75, 3.05) is 22.1 Å². The first-order valence-electron chi connectivity index (χ1n) is 11.2. The molecule has 2 aliphatic rings. The Hall–Kier alpha value is -2.66. The van der Waals surface area contributed by atoms with Gasteiger partial charge in [0.05, 0.1) is 11.1 Å². The quantitative estimate of drug-likeness (QED) is 0.418. The van der Waals surface area contributed by atoms with Gasteiger partial charge in [0.25, 0.3) is 20.2 Å². The molecule has 0 aromatic heterocycles. The molecule has 0 bridgehead atoms. The smallest absolute Gasteiger partial charge is 0.269 e. The number of hydrogen-bond acceptors (Lipinski definition) is 6. The lowest BCUT2D eigenvalue weighted by atomic mass is 9.88. The molecule has 0 saturated carbocycles. The van der Waals surface area contributed by atoms with Crippen LogP contribution >= 0.6 is 0 Å². The first-order valence-corrected chi connectivity index (χ1v) is 14.4. The van der Waals surface area contributed by atoms with E-state index in [4.69, 9.17) is 0 Å². The molecule has 0 spiro atoms. The van der Waals surface area contributed by atoms with Crippen LogP contribution in [0.3, 0.4) is 0 Å². The van der Waals surface area contributed by atoms with Crippen LogP contribution in [-0.4, -0.2) is 48.5 Å². The maximum Gasteiger partial charge on any atom is 0.269 e. The number of rotatable bonds is 6. The average Bonchev–Trinajstić information content (AvgIpc) is 2.65. The second-order valence-electron chi connectivity index (χ2n) is 10.4. The molecule has 188 valence electrons. The van der Waals surface area contributed by atoms with E-state index >= 15 is 0 Å². The van der Waals surface area contributed by atoms with Gasteiger partial charge >= 0.3 is 0 Å². The van der Waals surface area contributed by atoms with Gasteiger partial charge in [-0.15, -0.1) is 0 Å². The summed E-state index contributed by atoms with van der Waals surface area (Å²) in [5.41, 5.74) is 4.98. The van der Waals surface area contributed by atoms with E-state index in [2.05, 4.69) is 10.6 Å². The van der Waals surface area contributed by atoms with Gasteiger partial charge in [-0.2, -0.15) is 16.8 Å². The van der Waals surface area contributed by atoms with Gasteiger partial charge in [-0.1, -0.05) is 24.3 Å². The fraction of sp³-hybridized carbons (Fsp3) is 0.360. The number of anilines is 2. The largest absolute Gasteiger partial charge is 0.376 e. The molecule has 10 heteroatoms. The summed E-state index contributed by atoms with van der Waals surface area (Å²) in [6, 6.07) is 11.5. The highest BCUT2D eigenvalue weighted by atomic mass is 32.2. The summed E-state index contributed by atoms with van der Waals surface area (Å²) in [5, 5.41) is 6.74. The summed E-state index contributed by atoms with van der Waals surface area (Å²) < 4.78 is 65.5. The lowest BCUT2D eigenvalue weighted by molar-refractivity contribution is 0.485. The van der Waals surface area contributed by atoms with Gasteiger partial charge in [0, 0.05) is 22.5 Å². The average molecular weight is 519 g/mol. The lowest BCUT2D eigenvalue weighted by Gasteiger charge is -2.33. The molecular formula is C25H30N2O6S2. The zero-order valence-electron chi connectivity index (χ0n) is 20.1. The van der Waals surface area contributed by atoms with Crippen LogP contribution in [0.25, 0.3) is 11.1 Å². The van der Waals surface area contributed by atoms with E-state index in [0.717, 1.165) is 22.5 Å². The van der Waals surface area contributed by atoms with Gasteiger partial charge in [0.2, 0.25) is 0 Å². The molecular weight excluding hydrogens is 488 g/mol. The minimum Gasteiger partial charge on any atom is -0.376 e. The fourth-order valence-electron chi connectivity index (χ4n) is 4.81. The zero-order chi connectivity index (χ0) is 25.8. The topological polar surface area (TPSA) is 133 Å². The van der Waals surface area contributed by atoms with Gasteiger partial charge in [0.1, 0.15) is 11.5 Å². The third kappa shape index (κ3) is 6.32. The summed E-state index contributed by atoms with van der Waals surface area (Å²) in [7, 11) is -8.42. The molecule has 0 amide bonds. The molecule has 0 unspecified atom stereocenters. The van der Waals surface area contributed by atoms with Gasteiger partial charge in [-0.3, -0.25) is 9.11 Å². The first-order chi connectivity index (χ1) is 16.0. The molecule has 4 rings (SSSR count). The highest BCUT2D eigenvalue weighted by molar-refractivity contribution is 7.86. The van der Waals surface area contributed by atoms with Crippen LogP contribution in [-0.2, 0) is 26.7 Å². The van der Waals surface area contributed by atoms with E-state index < -0.39 is 42.8 Å². The Morgan fingerprint density at radius 2 is 1.06 bits per heavy atom. The van der Waals surface area contributed by atoms with Gasteiger partial charge in [0.15, 0.2) is 0 Å². The molecule has 0 atom stereocenters. The summed E-state index contributed by atoms with van der Waals surface area (Å²) in [4.78, 5) is 0. The normalized spacial score (nSPS) is 18.3. The summed E-state index contributed by atoms with van der Waals surface area (Å²) in [6.07, 6.45) is 4.14. The van der Waals surface area contributed by atoms with Crippen LogP contribution < -0.4 is 10.6 Å². The molecule has 35 heavy (non-hydrogen) atoms. The van der Waals surface area contributed by atoms with E-state index in [1.54, 1.807) is 0 Å². The molecule has 2 aromatic rings. The van der Waals surface area contributed by atoms with Crippen molar-refractivity contribution in [1.29, 1.82) is 0 Å². The fourth-order valence-corrected chi connectivity index (χ4v) is 6.08. The Balaban J connectivity index is 1.69. The van der Waals surface area contributed by atoms with Crippen LogP contribution in [0.4, 0.5) is 11.4 Å². The van der Waals surface area contributed by atoms with Crippen LogP contribution in [0.5, 0.6) is 0 Å². The highest BCUT2D eigenvalue weighted by Gasteiger charge is 2.28. The SMILES string of the molecule is CC1(C)C=C(CS(=O)(=O)O)c2cc(Cc3ccc4c(c3)C(CS(=O)(=O)O)=CC(C)(C)N4)ccc2N1. The Morgan fingerprint density at radius 3 is 1.40 bits per heavy atom. The standard InChI is InChI=1S/C25H30N2O6S2/c1-24(2)12-18(14-34(28,29)30)20-10-16(5-7-22(20)26-24)9-17-6-8-23-21(11-17)19(15-35(31,32)33)13-25(3,4)27-23/h5-8,10-13,26-27H,9,14-15H2,1-4H3,(H,28,29,30)(H,31,32,33). The van der Waals surface area contributed by atoms with Crippen molar-refractivity contribution in [3.8, 4) is 0 Å². The summed E-state index contributed by atoms with van der Waals surface area (Å²) >= 11 is 0. The minimum absolute atomic E-state index is 0.469. The number of nitrogens with one attached hydrogen (secondary N) is 2. The molecule has 0 fully saturated rings. The van der Waals surface area contributed by atoms with E-state index in [1.807, 2.05) is 76.2 Å². The first kappa shape index (κ1) is 25.4. The number of benzene rings is 2. The van der Waals surface area contributed by atoms with Crippen molar-refractivity contribution in [1.82, 2.24) is 0 Å². The Kier molecular flexibility index (Phi) is 6.16. The Labute approximate surface area is 206 Å². The molecule has 0 saturated heterocycles. The number of fused-ring (bicyclic) bond motifs is 2. The van der Waals surface area contributed by atoms with Crippen LogP contribution in [0, 0.1) is 0 Å². The third-order valence-corrected chi connectivity index (χ3v) is 7.28. The summed E-state index contributed by atoms with van der Waals surface area (Å²) in [6.45, 7) is 7.70. The predicted molar refractivity (Wildman–Crippen MR) is 140 cm³/mol. The predicted octanol–water partition coefficient (Wildman–Crippen LogP) is 4.23. The van der Waals surface area contributed by atoms with Crippen molar-refractivity contribution >= 4 is 42.8 Å². The maximum atomic E-state index is 11.6. The van der Waals surface area contributed by atoms with E-state index in [1.165, 1.54) is 0 Å². The minimum atomic E-state index is -4.21. The zero-order valence-corrected chi connectivity index (χ0v) is 21.7.